The van der Waals surface area contributed by atoms with E-state index in [1.165, 1.54) is 24.3 Å². The number of aromatic carboxylic acids is 1. The molecule has 0 aliphatic rings. The van der Waals surface area contributed by atoms with Crippen LogP contribution in [0.4, 0.5) is 10.5 Å². The molecule has 0 fully saturated rings. The first-order valence-corrected chi connectivity index (χ1v) is 8.29. The number of hydrogen-bond donors (Lipinski definition) is 3. The van der Waals surface area contributed by atoms with Crippen LogP contribution in [0.3, 0.4) is 0 Å². The van der Waals surface area contributed by atoms with Gasteiger partial charge in [0.15, 0.2) is 6.73 Å². The van der Waals surface area contributed by atoms with Crippen LogP contribution in [-0.2, 0) is 5.41 Å². The number of aryl methyl sites for hydroxylation is 1. The van der Waals surface area contributed by atoms with Gasteiger partial charge in [0.2, 0.25) is 0 Å². The molecule has 0 aliphatic heterocycles. The summed E-state index contributed by atoms with van der Waals surface area (Å²) in [4.78, 5) is 22.8. The predicted molar refractivity (Wildman–Crippen MR) is 101 cm³/mol. The van der Waals surface area contributed by atoms with E-state index in [0.717, 1.165) is 16.9 Å². The average molecular weight is 356 g/mol. The fourth-order valence-corrected chi connectivity index (χ4v) is 2.41. The first-order valence-electron chi connectivity index (χ1n) is 8.29. The fraction of sp³-hybridized carbons (Fsp3) is 0.300. The number of carboxylic acids is 1. The van der Waals surface area contributed by atoms with Crippen LogP contribution in [0.5, 0.6) is 5.75 Å². The lowest BCUT2D eigenvalue weighted by atomic mass is 9.85. The van der Waals surface area contributed by atoms with Gasteiger partial charge in [0.25, 0.3) is 0 Å². The molecule has 0 saturated carbocycles. The van der Waals surface area contributed by atoms with Crippen LogP contribution in [0.15, 0.2) is 42.5 Å². The summed E-state index contributed by atoms with van der Waals surface area (Å²) in [5, 5.41) is 14.1. The lowest BCUT2D eigenvalue weighted by Crippen LogP contribution is -2.32. The van der Waals surface area contributed by atoms with Gasteiger partial charge in [-0.1, -0.05) is 38.5 Å². The van der Waals surface area contributed by atoms with E-state index in [0.29, 0.717) is 5.69 Å². The Labute approximate surface area is 153 Å². The minimum absolute atomic E-state index is 0.0190. The summed E-state index contributed by atoms with van der Waals surface area (Å²) in [6.07, 6.45) is 0. The van der Waals surface area contributed by atoms with Crippen LogP contribution in [-0.4, -0.2) is 23.8 Å². The summed E-state index contributed by atoms with van der Waals surface area (Å²) in [5.74, 6) is -0.281. The molecular formula is C20H24N2O4. The molecule has 0 atom stereocenters. The normalized spacial score (nSPS) is 10.9. The van der Waals surface area contributed by atoms with Crippen molar-refractivity contribution in [3.63, 3.8) is 0 Å². The molecule has 138 valence electrons. The number of urea groups is 1. The third-order valence-corrected chi connectivity index (χ3v) is 3.79. The molecule has 2 aromatic carbocycles. The molecule has 0 radical (unpaired) electrons. The first-order chi connectivity index (χ1) is 12.2. The van der Waals surface area contributed by atoms with Gasteiger partial charge in [0.1, 0.15) is 5.75 Å². The molecule has 3 N–H and O–H groups in total. The van der Waals surface area contributed by atoms with Crippen molar-refractivity contribution >= 4 is 17.7 Å². The zero-order valence-electron chi connectivity index (χ0n) is 15.4. The molecule has 0 unspecified atom stereocenters. The number of carboxylic acid groups (broad SMARTS) is 1. The summed E-state index contributed by atoms with van der Waals surface area (Å²) in [5.41, 5.74) is 2.81. The van der Waals surface area contributed by atoms with Crippen LogP contribution < -0.4 is 15.4 Å². The van der Waals surface area contributed by atoms with Gasteiger partial charge in [-0.15, -0.1) is 0 Å². The Kier molecular flexibility index (Phi) is 5.87. The second-order valence-electron chi connectivity index (χ2n) is 7.05. The van der Waals surface area contributed by atoms with E-state index >= 15 is 0 Å². The highest BCUT2D eigenvalue weighted by Crippen LogP contribution is 2.31. The van der Waals surface area contributed by atoms with Crippen molar-refractivity contribution in [1.82, 2.24) is 5.32 Å². The van der Waals surface area contributed by atoms with Crippen molar-refractivity contribution in [2.45, 2.75) is 33.1 Å². The standard InChI is InChI=1S/C20H24N2O4/c1-13-5-10-17(16(11-13)20(2,3)4)26-12-21-19(25)22-15-8-6-14(7-9-15)18(23)24/h5-11H,12H2,1-4H3,(H,23,24)(H2,21,22,25). The molecule has 0 aliphatic carbocycles. The van der Waals surface area contributed by atoms with E-state index in [9.17, 15) is 9.59 Å². The summed E-state index contributed by atoms with van der Waals surface area (Å²) in [7, 11) is 0. The number of nitrogens with one attached hydrogen (secondary N) is 2. The second-order valence-corrected chi connectivity index (χ2v) is 7.05. The van der Waals surface area contributed by atoms with Gasteiger partial charge < -0.3 is 20.5 Å². The molecule has 0 bridgehead atoms. The first kappa shape index (κ1) is 19.3. The Balaban J connectivity index is 1.91. The van der Waals surface area contributed by atoms with E-state index in [-0.39, 0.29) is 17.7 Å². The van der Waals surface area contributed by atoms with Crippen molar-refractivity contribution in [3.05, 3.63) is 59.2 Å². The predicted octanol–water partition coefficient (Wildman–Crippen LogP) is 4.15. The summed E-state index contributed by atoms with van der Waals surface area (Å²) < 4.78 is 5.73. The smallest absolute Gasteiger partial charge is 0.335 e. The molecular weight excluding hydrogens is 332 g/mol. The minimum atomic E-state index is -1.01. The lowest BCUT2D eigenvalue weighted by Gasteiger charge is -2.23. The number of amides is 2. The molecule has 0 heterocycles. The molecule has 0 aromatic heterocycles. The van der Waals surface area contributed by atoms with Crippen molar-refractivity contribution in [2.75, 3.05) is 12.0 Å². The fourth-order valence-electron chi connectivity index (χ4n) is 2.41. The average Bonchev–Trinajstić information content (AvgIpc) is 2.55. The zero-order valence-corrected chi connectivity index (χ0v) is 15.4. The number of carbonyl (C=O) groups is 2. The van der Waals surface area contributed by atoms with Crippen LogP contribution in [0, 0.1) is 6.92 Å². The zero-order chi connectivity index (χ0) is 19.3. The SMILES string of the molecule is Cc1ccc(OCNC(=O)Nc2ccc(C(=O)O)cc2)c(C(C)(C)C)c1. The van der Waals surface area contributed by atoms with Crippen molar-refractivity contribution < 1.29 is 19.4 Å². The molecule has 0 spiro atoms. The van der Waals surface area contributed by atoms with Crippen molar-refractivity contribution in [1.29, 1.82) is 0 Å². The summed E-state index contributed by atoms with van der Waals surface area (Å²) in [6.45, 7) is 8.37. The van der Waals surface area contributed by atoms with Crippen LogP contribution in [0.1, 0.15) is 42.3 Å². The Bertz CT molecular complexity index is 792. The summed E-state index contributed by atoms with van der Waals surface area (Å²) >= 11 is 0. The Morgan fingerprint density at radius 3 is 2.31 bits per heavy atom. The number of hydrogen-bond acceptors (Lipinski definition) is 3. The maximum absolute atomic E-state index is 11.9. The largest absolute Gasteiger partial charge is 0.478 e. The Hall–Kier alpha value is -3.02. The van der Waals surface area contributed by atoms with Crippen LogP contribution in [0.25, 0.3) is 0 Å². The number of rotatable bonds is 5. The molecule has 6 nitrogen and oxygen atoms in total. The highest BCUT2D eigenvalue weighted by molar-refractivity contribution is 5.91. The van der Waals surface area contributed by atoms with Gasteiger partial charge in [-0.3, -0.25) is 0 Å². The number of carbonyl (C=O) groups excluding carboxylic acids is 1. The molecule has 6 heteroatoms. The molecule has 2 rings (SSSR count). The van der Waals surface area contributed by atoms with E-state index in [2.05, 4.69) is 37.5 Å². The van der Waals surface area contributed by atoms with E-state index in [1.54, 1.807) is 0 Å². The van der Waals surface area contributed by atoms with Crippen LogP contribution >= 0.6 is 0 Å². The number of anilines is 1. The van der Waals surface area contributed by atoms with Crippen molar-refractivity contribution in [3.8, 4) is 5.75 Å². The van der Waals surface area contributed by atoms with Crippen molar-refractivity contribution in [2.24, 2.45) is 0 Å². The Morgan fingerprint density at radius 2 is 1.73 bits per heavy atom. The number of benzene rings is 2. The molecule has 0 saturated heterocycles. The third-order valence-electron chi connectivity index (χ3n) is 3.79. The van der Waals surface area contributed by atoms with E-state index in [4.69, 9.17) is 9.84 Å². The molecule has 26 heavy (non-hydrogen) atoms. The van der Waals surface area contributed by atoms with Gasteiger partial charge >= 0.3 is 12.0 Å². The highest BCUT2D eigenvalue weighted by atomic mass is 16.5. The topological polar surface area (TPSA) is 87.7 Å². The third kappa shape index (κ3) is 5.24. The maximum atomic E-state index is 11.9. The maximum Gasteiger partial charge on any atom is 0.335 e. The van der Waals surface area contributed by atoms with Gasteiger partial charge in [-0.25, -0.2) is 9.59 Å². The van der Waals surface area contributed by atoms with E-state index < -0.39 is 12.0 Å². The van der Waals surface area contributed by atoms with Gasteiger partial charge in [0.05, 0.1) is 5.56 Å². The van der Waals surface area contributed by atoms with Crippen LogP contribution in [0.2, 0.25) is 0 Å². The Morgan fingerprint density at radius 1 is 1.08 bits per heavy atom. The number of ether oxygens (including phenoxy) is 1. The molecule has 2 amide bonds. The highest BCUT2D eigenvalue weighted by Gasteiger charge is 2.19. The monoisotopic (exact) mass is 356 g/mol. The quantitative estimate of drug-likeness (QED) is 0.702. The summed E-state index contributed by atoms with van der Waals surface area (Å²) in [6, 6.07) is 11.4. The van der Waals surface area contributed by atoms with Gasteiger partial charge in [0, 0.05) is 5.69 Å². The second kappa shape index (κ2) is 7.91. The molecule has 2 aromatic rings. The lowest BCUT2D eigenvalue weighted by molar-refractivity contribution is 0.0697. The van der Waals surface area contributed by atoms with E-state index in [1.807, 2.05) is 19.1 Å². The minimum Gasteiger partial charge on any atom is -0.478 e. The van der Waals surface area contributed by atoms with Gasteiger partial charge in [-0.05, 0) is 48.2 Å². The van der Waals surface area contributed by atoms with Gasteiger partial charge in [-0.2, -0.15) is 0 Å².